The monoisotopic (exact) mass is 365 g/mol. The zero-order chi connectivity index (χ0) is 19.1. The van der Waals surface area contributed by atoms with E-state index in [-0.39, 0.29) is 11.9 Å². The Balaban J connectivity index is 1.85. The number of nitrogens with zero attached hydrogens (tertiary/aromatic N) is 2. The summed E-state index contributed by atoms with van der Waals surface area (Å²) in [6.45, 7) is 10.9. The van der Waals surface area contributed by atoms with Gasteiger partial charge < -0.3 is 19.4 Å². The van der Waals surface area contributed by atoms with Gasteiger partial charge in [-0.1, -0.05) is 0 Å². The van der Waals surface area contributed by atoms with E-state index in [0.29, 0.717) is 31.7 Å². The highest BCUT2D eigenvalue weighted by atomic mass is 16.5. The Hall–Kier alpha value is -1.86. The highest BCUT2D eigenvalue weighted by molar-refractivity contribution is 5.90. The number of carbonyl (C=O) groups excluding carboxylic acids is 2. The number of ether oxygens (including phenoxy) is 2. The highest BCUT2D eigenvalue weighted by Gasteiger charge is 2.22. The quantitative estimate of drug-likeness (QED) is 0.701. The lowest BCUT2D eigenvalue weighted by molar-refractivity contribution is -0.121. The van der Waals surface area contributed by atoms with Gasteiger partial charge in [0.25, 0.3) is 0 Å². The molecular weight excluding hydrogens is 334 g/mol. The molecule has 0 atom stereocenters. The average Bonchev–Trinajstić information content (AvgIpc) is 2.83. The lowest BCUT2D eigenvalue weighted by Crippen LogP contribution is -2.41. The summed E-state index contributed by atoms with van der Waals surface area (Å²) in [4.78, 5) is 26.6. The van der Waals surface area contributed by atoms with E-state index in [2.05, 4.69) is 10.2 Å². The predicted molar refractivity (Wildman–Crippen MR) is 99.4 cm³/mol. The molecule has 0 aromatic carbocycles. The smallest absolute Gasteiger partial charge is 0.355 e. The Labute approximate surface area is 155 Å². The molecule has 0 spiro atoms. The van der Waals surface area contributed by atoms with Crippen LogP contribution < -0.4 is 5.32 Å². The maximum absolute atomic E-state index is 12.2. The molecule has 0 saturated carbocycles. The van der Waals surface area contributed by atoms with Crippen LogP contribution in [0, 0.1) is 13.8 Å². The summed E-state index contributed by atoms with van der Waals surface area (Å²) in [5.74, 6) is -0.268. The minimum atomic E-state index is -0.309. The van der Waals surface area contributed by atoms with Gasteiger partial charge >= 0.3 is 5.97 Å². The van der Waals surface area contributed by atoms with E-state index in [0.717, 1.165) is 49.7 Å². The molecule has 7 heteroatoms. The molecule has 1 aromatic heterocycles. The third-order valence-electron chi connectivity index (χ3n) is 5.01. The van der Waals surface area contributed by atoms with Crippen molar-refractivity contribution in [2.24, 2.45) is 7.05 Å². The van der Waals surface area contributed by atoms with Crippen molar-refractivity contribution in [3.05, 3.63) is 22.5 Å². The first-order valence-corrected chi connectivity index (χ1v) is 9.34. The second kappa shape index (κ2) is 9.73. The van der Waals surface area contributed by atoms with Crippen LogP contribution in [0.3, 0.4) is 0 Å². The van der Waals surface area contributed by atoms with Crippen molar-refractivity contribution >= 4 is 11.9 Å². The Bertz CT molecular complexity index is 633. The highest BCUT2D eigenvalue weighted by Crippen LogP contribution is 2.23. The van der Waals surface area contributed by atoms with Gasteiger partial charge in [0, 0.05) is 45.3 Å². The maximum Gasteiger partial charge on any atom is 0.355 e. The minimum Gasteiger partial charge on any atom is -0.461 e. The zero-order valence-electron chi connectivity index (χ0n) is 16.4. The molecule has 146 valence electrons. The molecule has 0 bridgehead atoms. The number of morpholine rings is 1. The van der Waals surface area contributed by atoms with Crippen molar-refractivity contribution in [2.45, 2.75) is 33.6 Å². The SMILES string of the molecule is CCOC(=O)c1c(C)c(CCC(=O)NCCN2CCOCC2)c(C)n1C. The second-order valence-electron chi connectivity index (χ2n) is 6.62. The van der Waals surface area contributed by atoms with Crippen LogP contribution in [0.5, 0.6) is 0 Å². The van der Waals surface area contributed by atoms with Gasteiger partial charge in [-0.2, -0.15) is 0 Å². The number of esters is 1. The van der Waals surface area contributed by atoms with E-state index in [9.17, 15) is 9.59 Å². The average molecular weight is 365 g/mol. The molecule has 1 aliphatic rings. The van der Waals surface area contributed by atoms with Crippen LogP contribution in [0.4, 0.5) is 0 Å². The normalized spacial score (nSPS) is 15.1. The van der Waals surface area contributed by atoms with Crippen LogP contribution in [0.25, 0.3) is 0 Å². The molecule has 2 heterocycles. The maximum atomic E-state index is 12.2. The van der Waals surface area contributed by atoms with Gasteiger partial charge in [-0.25, -0.2) is 4.79 Å². The molecule has 26 heavy (non-hydrogen) atoms. The van der Waals surface area contributed by atoms with Crippen molar-refractivity contribution in [1.29, 1.82) is 0 Å². The molecule has 0 aliphatic carbocycles. The van der Waals surface area contributed by atoms with E-state index in [1.54, 1.807) is 6.92 Å². The first kappa shape index (κ1) is 20.5. The molecule has 1 amide bonds. The number of carbonyl (C=O) groups is 2. The van der Waals surface area contributed by atoms with Crippen molar-refractivity contribution in [2.75, 3.05) is 46.0 Å². The fraction of sp³-hybridized carbons (Fsp3) is 0.684. The van der Waals surface area contributed by atoms with Crippen LogP contribution in [0.15, 0.2) is 0 Å². The first-order chi connectivity index (χ1) is 12.5. The van der Waals surface area contributed by atoms with Crippen LogP contribution in [0.2, 0.25) is 0 Å². The van der Waals surface area contributed by atoms with Crippen LogP contribution in [0.1, 0.15) is 40.7 Å². The number of hydrogen-bond donors (Lipinski definition) is 1. The molecule has 0 radical (unpaired) electrons. The molecule has 1 aromatic rings. The zero-order valence-corrected chi connectivity index (χ0v) is 16.4. The van der Waals surface area contributed by atoms with Gasteiger partial charge in [0.05, 0.1) is 19.8 Å². The Kier molecular flexibility index (Phi) is 7.66. The number of amides is 1. The molecule has 1 aliphatic heterocycles. The summed E-state index contributed by atoms with van der Waals surface area (Å²) in [6, 6.07) is 0. The van der Waals surface area contributed by atoms with Crippen LogP contribution in [-0.4, -0.2) is 67.3 Å². The number of hydrogen-bond acceptors (Lipinski definition) is 5. The van der Waals surface area contributed by atoms with Gasteiger partial charge in [0.15, 0.2) is 0 Å². The van der Waals surface area contributed by atoms with Crippen molar-refractivity contribution in [3.8, 4) is 0 Å². The van der Waals surface area contributed by atoms with Crippen molar-refractivity contribution in [3.63, 3.8) is 0 Å². The predicted octanol–water partition coefficient (Wildman–Crippen LogP) is 1.20. The fourth-order valence-electron chi connectivity index (χ4n) is 3.40. The largest absolute Gasteiger partial charge is 0.461 e. The van der Waals surface area contributed by atoms with Gasteiger partial charge in [0.2, 0.25) is 5.91 Å². The van der Waals surface area contributed by atoms with Crippen molar-refractivity contribution < 1.29 is 19.1 Å². The van der Waals surface area contributed by atoms with E-state index in [4.69, 9.17) is 9.47 Å². The Morgan fingerprint density at radius 3 is 2.58 bits per heavy atom. The van der Waals surface area contributed by atoms with Crippen LogP contribution >= 0.6 is 0 Å². The minimum absolute atomic E-state index is 0.0404. The number of nitrogens with one attached hydrogen (secondary N) is 1. The van der Waals surface area contributed by atoms with E-state index in [1.807, 2.05) is 25.5 Å². The summed E-state index contributed by atoms with van der Waals surface area (Å²) in [6.07, 6.45) is 1.03. The van der Waals surface area contributed by atoms with E-state index >= 15 is 0 Å². The lowest BCUT2D eigenvalue weighted by atomic mass is 10.0. The van der Waals surface area contributed by atoms with Gasteiger partial charge in [-0.05, 0) is 38.3 Å². The molecule has 1 saturated heterocycles. The molecule has 1 fully saturated rings. The topological polar surface area (TPSA) is 72.8 Å². The van der Waals surface area contributed by atoms with Gasteiger partial charge in [0.1, 0.15) is 5.69 Å². The molecule has 7 nitrogen and oxygen atoms in total. The lowest BCUT2D eigenvalue weighted by Gasteiger charge is -2.26. The number of aromatic nitrogens is 1. The Morgan fingerprint density at radius 1 is 1.23 bits per heavy atom. The molecule has 1 N–H and O–H groups in total. The van der Waals surface area contributed by atoms with E-state index < -0.39 is 0 Å². The van der Waals surface area contributed by atoms with Gasteiger partial charge in [-0.15, -0.1) is 0 Å². The third-order valence-corrected chi connectivity index (χ3v) is 5.01. The number of rotatable bonds is 8. The summed E-state index contributed by atoms with van der Waals surface area (Å²) in [5.41, 5.74) is 3.54. The molecular formula is C19H31N3O4. The summed E-state index contributed by atoms with van der Waals surface area (Å²) in [7, 11) is 1.86. The molecule has 0 unspecified atom stereocenters. The summed E-state index contributed by atoms with van der Waals surface area (Å²) in [5, 5.41) is 2.98. The fourth-order valence-corrected chi connectivity index (χ4v) is 3.40. The van der Waals surface area contributed by atoms with Crippen LogP contribution in [-0.2, 0) is 27.7 Å². The first-order valence-electron chi connectivity index (χ1n) is 9.34. The van der Waals surface area contributed by atoms with E-state index in [1.165, 1.54) is 0 Å². The standard InChI is InChI=1S/C19H31N3O4/c1-5-26-19(24)18-14(2)16(15(3)21(18)4)6-7-17(23)20-8-9-22-10-12-25-13-11-22/h5-13H2,1-4H3,(H,20,23). The third kappa shape index (κ3) is 5.08. The summed E-state index contributed by atoms with van der Waals surface area (Å²) < 4.78 is 12.3. The van der Waals surface area contributed by atoms with Gasteiger partial charge in [-0.3, -0.25) is 9.69 Å². The second-order valence-corrected chi connectivity index (χ2v) is 6.62. The van der Waals surface area contributed by atoms with Crippen molar-refractivity contribution in [1.82, 2.24) is 14.8 Å². The molecule has 2 rings (SSSR count). The Morgan fingerprint density at radius 2 is 1.92 bits per heavy atom. The summed E-state index contributed by atoms with van der Waals surface area (Å²) >= 11 is 0.